The minimum Gasteiger partial charge on any atom is -0.346 e. The molecule has 3 N–H and O–H groups in total. The third-order valence-corrected chi connectivity index (χ3v) is 2.14. The number of carbonyl (C=O) groups excluding carboxylic acids is 1. The first-order valence-electron chi connectivity index (χ1n) is 4.12. The van der Waals surface area contributed by atoms with Gasteiger partial charge in [-0.3, -0.25) is 9.78 Å². The minimum absolute atomic E-state index is 0.0455. The number of aromatic nitrogens is 3. The maximum atomic E-state index is 11.3. The Balaban J connectivity index is 2.01. The minimum atomic E-state index is -0.464. The van der Waals surface area contributed by atoms with Crippen molar-refractivity contribution in [3.05, 3.63) is 16.3 Å². The molecule has 1 aromatic heterocycles. The van der Waals surface area contributed by atoms with Gasteiger partial charge < -0.3 is 5.32 Å². The Morgan fingerprint density at radius 3 is 2.85 bits per heavy atom. The molecule has 0 saturated heterocycles. The predicted octanol–water partition coefficient (Wildman–Crippen LogP) is -0.764. The Hall–Kier alpha value is -1.59. The highest BCUT2D eigenvalue weighted by atomic mass is 16.2. The average Bonchev–Trinajstić information content (AvgIpc) is 2.62. The number of nitrogens with one attached hydrogen (secondary N) is 3. The number of carbonyl (C=O) groups is 1. The van der Waals surface area contributed by atoms with E-state index in [-0.39, 0.29) is 17.8 Å². The molecule has 13 heavy (non-hydrogen) atoms. The first kappa shape index (κ1) is 8.03. The lowest BCUT2D eigenvalue weighted by molar-refractivity contribution is 0.0939. The summed E-state index contributed by atoms with van der Waals surface area (Å²) in [7, 11) is 0. The quantitative estimate of drug-likeness (QED) is 0.561. The average molecular weight is 182 g/mol. The van der Waals surface area contributed by atoms with Crippen LogP contribution in [0.1, 0.15) is 24.0 Å². The monoisotopic (exact) mass is 182 g/mol. The van der Waals surface area contributed by atoms with Gasteiger partial charge in [-0.25, -0.2) is 9.89 Å². The second-order valence-corrected chi connectivity index (χ2v) is 3.32. The predicted molar refractivity (Wildman–Crippen MR) is 44.2 cm³/mol. The van der Waals surface area contributed by atoms with Gasteiger partial charge in [0.25, 0.3) is 5.91 Å². The summed E-state index contributed by atoms with van der Waals surface area (Å²) in [5.41, 5.74) is -0.464. The summed E-state index contributed by atoms with van der Waals surface area (Å²) in [6.07, 6.45) is 1.00. The van der Waals surface area contributed by atoms with Gasteiger partial charge in [-0.2, -0.15) is 0 Å². The van der Waals surface area contributed by atoms with Crippen LogP contribution >= 0.6 is 0 Å². The van der Waals surface area contributed by atoms with Gasteiger partial charge in [-0.15, -0.1) is 5.10 Å². The van der Waals surface area contributed by atoms with Gasteiger partial charge in [0.1, 0.15) is 0 Å². The SMILES string of the molecule is CC1CC1NC(=O)c1n[nH]c(=O)[nH]1. The summed E-state index contributed by atoms with van der Waals surface area (Å²) < 4.78 is 0. The summed E-state index contributed by atoms with van der Waals surface area (Å²) in [4.78, 5) is 24.2. The normalized spacial score (nSPS) is 25.6. The lowest BCUT2D eigenvalue weighted by Gasteiger charge is -1.98. The molecule has 6 nitrogen and oxygen atoms in total. The van der Waals surface area contributed by atoms with Crippen molar-refractivity contribution in [3.63, 3.8) is 0 Å². The Kier molecular flexibility index (Phi) is 1.68. The molecule has 0 bridgehead atoms. The Bertz CT molecular complexity index is 380. The van der Waals surface area contributed by atoms with Crippen LogP contribution in [0.2, 0.25) is 0 Å². The van der Waals surface area contributed by atoms with Gasteiger partial charge >= 0.3 is 5.69 Å². The van der Waals surface area contributed by atoms with E-state index in [1.807, 2.05) is 0 Å². The molecule has 1 amide bonds. The fraction of sp³-hybridized carbons (Fsp3) is 0.571. The highest BCUT2D eigenvalue weighted by Gasteiger charge is 2.34. The zero-order valence-electron chi connectivity index (χ0n) is 7.13. The third kappa shape index (κ3) is 1.61. The van der Waals surface area contributed by atoms with E-state index in [0.717, 1.165) is 6.42 Å². The molecule has 2 rings (SSSR count). The largest absolute Gasteiger partial charge is 0.346 e. The zero-order chi connectivity index (χ0) is 9.42. The molecule has 1 aliphatic carbocycles. The van der Waals surface area contributed by atoms with E-state index in [4.69, 9.17) is 0 Å². The third-order valence-electron chi connectivity index (χ3n) is 2.14. The van der Waals surface area contributed by atoms with Gasteiger partial charge in [0.05, 0.1) is 0 Å². The van der Waals surface area contributed by atoms with Crippen molar-refractivity contribution in [1.29, 1.82) is 0 Å². The molecule has 0 radical (unpaired) electrons. The lowest BCUT2D eigenvalue weighted by atomic mass is 10.4. The maximum Gasteiger partial charge on any atom is 0.341 e. The standard InChI is InChI=1S/C7H10N4O2/c1-3-2-4(3)8-6(12)5-9-7(13)11-10-5/h3-4H,2H2,1H3,(H,8,12)(H2,9,10,11,13). The zero-order valence-corrected chi connectivity index (χ0v) is 7.13. The van der Waals surface area contributed by atoms with Gasteiger partial charge in [0.2, 0.25) is 5.82 Å². The van der Waals surface area contributed by atoms with Crippen molar-refractivity contribution in [3.8, 4) is 0 Å². The summed E-state index contributed by atoms with van der Waals surface area (Å²) in [5, 5.41) is 8.39. The molecule has 1 aromatic rings. The van der Waals surface area contributed by atoms with Crippen molar-refractivity contribution < 1.29 is 4.79 Å². The number of aromatic amines is 2. The van der Waals surface area contributed by atoms with Gasteiger partial charge in [-0.05, 0) is 12.3 Å². The van der Waals surface area contributed by atoms with Crippen LogP contribution in [0.4, 0.5) is 0 Å². The second-order valence-electron chi connectivity index (χ2n) is 3.32. The van der Waals surface area contributed by atoms with E-state index >= 15 is 0 Å². The Morgan fingerprint density at radius 1 is 1.69 bits per heavy atom. The molecule has 1 aliphatic rings. The Morgan fingerprint density at radius 2 is 2.38 bits per heavy atom. The van der Waals surface area contributed by atoms with Crippen molar-refractivity contribution in [2.45, 2.75) is 19.4 Å². The number of amides is 1. The highest BCUT2D eigenvalue weighted by molar-refractivity contribution is 5.90. The number of hydrogen-bond donors (Lipinski definition) is 3. The Labute approximate surface area is 73.7 Å². The number of hydrogen-bond acceptors (Lipinski definition) is 3. The van der Waals surface area contributed by atoms with Crippen molar-refractivity contribution in [2.24, 2.45) is 5.92 Å². The topological polar surface area (TPSA) is 90.6 Å². The molecule has 0 aliphatic heterocycles. The molecular weight excluding hydrogens is 172 g/mol. The van der Waals surface area contributed by atoms with Crippen LogP contribution in [-0.2, 0) is 0 Å². The van der Waals surface area contributed by atoms with E-state index in [0.29, 0.717) is 5.92 Å². The summed E-state index contributed by atoms with van der Waals surface area (Å²) in [6, 6.07) is 0.243. The molecule has 2 unspecified atom stereocenters. The smallest absolute Gasteiger partial charge is 0.341 e. The van der Waals surface area contributed by atoms with E-state index < -0.39 is 5.69 Å². The summed E-state index contributed by atoms with van der Waals surface area (Å²) in [5.74, 6) is 0.256. The van der Waals surface area contributed by atoms with Crippen LogP contribution in [0.25, 0.3) is 0 Å². The van der Waals surface area contributed by atoms with Gasteiger partial charge in [-0.1, -0.05) is 6.92 Å². The van der Waals surface area contributed by atoms with Crippen LogP contribution in [0, 0.1) is 5.92 Å². The highest BCUT2D eigenvalue weighted by Crippen LogP contribution is 2.28. The van der Waals surface area contributed by atoms with Crippen LogP contribution in [0.3, 0.4) is 0 Å². The molecule has 70 valence electrons. The van der Waals surface area contributed by atoms with Crippen LogP contribution < -0.4 is 11.0 Å². The fourth-order valence-corrected chi connectivity index (χ4v) is 1.14. The van der Waals surface area contributed by atoms with Crippen molar-refractivity contribution in [2.75, 3.05) is 0 Å². The lowest BCUT2D eigenvalue weighted by Crippen LogP contribution is -2.27. The van der Waals surface area contributed by atoms with E-state index in [9.17, 15) is 9.59 Å². The molecule has 0 aromatic carbocycles. The van der Waals surface area contributed by atoms with Crippen LogP contribution in [-0.4, -0.2) is 27.1 Å². The number of nitrogens with zero attached hydrogens (tertiary/aromatic N) is 1. The van der Waals surface area contributed by atoms with Crippen molar-refractivity contribution >= 4 is 5.91 Å². The van der Waals surface area contributed by atoms with Gasteiger partial charge in [0.15, 0.2) is 0 Å². The van der Waals surface area contributed by atoms with E-state index in [1.54, 1.807) is 0 Å². The molecule has 2 atom stereocenters. The summed E-state index contributed by atoms with van der Waals surface area (Å²) >= 11 is 0. The fourth-order valence-electron chi connectivity index (χ4n) is 1.14. The van der Waals surface area contributed by atoms with Crippen molar-refractivity contribution in [1.82, 2.24) is 20.5 Å². The second kappa shape index (κ2) is 2.72. The van der Waals surface area contributed by atoms with E-state index in [1.165, 1.54) is 0 Å². The molecular formula is C7H10N4O2. The molecule has 1 fully saturated rings. The first-order valence-corrected chi connectivity index (χ1v) is 4.12. The first-order chi connectivity index (χ1) is 6.16. The number of rotatable bonds is 2. The number of H-pyrrole nitrogens is 2. The molecule has 1 heterocycles. The van der Waals surface area contributed by atoms with Gasteiger partial charge in [0, 0.05) is 6.04 Å². The molecule has 1 saturated carbocycles. The van der Waals surface area contributed by atoms with Crippen LogP contribution in [0.15, 0.2) is 4.79 Å². The van der Waals surface area contributed by atoms with E-state index in [2.05, 4.69) is 27.4 Å². The van der Waals surface area contributed by atoms with Crippen LogP contribution in [0.5, 0.6) is 0 Å². The maximum absolute atomic E-state index is 11.3. The molecule has 6 heteroatoms. The molecule has 0 spiro atoms. The summed E-state index contributed by atoms with van der Waals surface area (Å²) in [6.45, 7) is 2.05.